The number of likely N-dealkylation sites (tertiary alicyclic amines) is 1. The maximum atomic E-state index is 12.5. The molecule has 4 nitrogen and oxygen atoms in total. The van der Waals surface area contributed by atoms with Crippen LogP contribution in [0.3, 0.4) is 0 Å². The van der Waals surface area contributed by atoms with Gasteiger partial charge in [-0.3, -0.25) is 0 Å². The van der Waals surface area contributed by atoms with Gasteiger partial charge in [0, 0.05) is 36.5 Å². The zero-order valence-electron chi connectivity index (χ0n) is 13.5. The lowest BCUT2D eigenvalue weighted by Crippen LogP contribution is -2.43. The van der Waals surface area contributed by atoms with E-state index in [-0.39, 0.29) is 6.03 Å². The molecule has 24 heavy (non-hydrogen) atoms. The minimum atomic E-state index is 0.184. The molecule has 2 aliphatic rings. The SMILES string of the molecule is O=C(N1CCCC1)N1CCc2nc(C#Cc3ccccc3)sc2C1. The minimum Gasteiger partial charge on any atom is -0.325 e. The summed E-state index contributed by atoms with van der Waals surface area (Å²) in [5.74, 6) is 6.32. The zero-order valence-corrected chi connectivity index (χ0v) is 14.3. The summed E-state index contributed by atoms with van der Waals surface area (Å²) in [4.78, 5) is 22.3. The van der Waals surface area contributed by atoms with Gasteiger partial charge in [0.15, 0.2) is 5.01 Å². The first-order chi connectivity index (χ1) is 11.8. The molecule has 4 rings (SSSR count). The Morgan fingerprint density at radius 3 is 2.62 bits per heavy atom. The van der Waals surface area contributed by atoms with E-state index in [0.29, 0.717) is 6.54 Å². The number of thiazole rings is 1. The smallest absolute Gasteiger partial charge is 0.320 e. The van der Waals surface area contributed by atoms with E-state index >= 15 is 0 Å². The predicted molar refractivity (Wildman–Crippen MR) is 94.9 cm³/mol. The third kappa shape index (κ3) is 3.15. The zero-order chi connectivity index (χ0) is 16.4. The van der Waals surface area contributed by atoms with E-state index in [1.165, 1.54) is 4.88 Å². The molecule has 0 saturated carbocycles. The molecule has 2 aromatic rings. The topological polar surface area (TPSA) is 36.4 Å². The number of hydrogen-bond acceptors (Lipinski definition) is 3. The summed E-state index contributed by atoms with van der Waals surface area (Å²) in [6.07, 6.45) is 3.09. The molecular weight excluding hydrogens is 318 g/mol. The molecule has 1 aromatic carbocycles. The Kier molecular flexibility index (Phi) is 4.22. The lowest BCUT2D eigenvalue weighted by molar-refractivity contribution is 0.157. The number of carbonyl (C=O) groups is 1. The van der Waals surface area contributed by atoms with Crippen molar-refractivity contribution in [2.45, 2.75) is 25.8 Å². The van der Waals surface area contributed by atoms with Crippen LogP contribution in [0.4, 0.5) is 4.79 Å². The normalized spacial score (nSPS) is 16.5. The Labute approximate surface area is 146 Å². The number of urea groups is 1. The average molecular weight is 337 g/mol. The van der Waals surface area contributed by atoms with Crippen LogP contribution in [0.15, 0.2) is 30.3 Å². The van der Waals surface area contributed by atoms with Gasteiger partial charge in [-0.25, -0.2) is 9.78 Å². The molecule has 1 fully saturated rings. The van der Waals surface area contributed by atoms with E-state index in [2.05, 4.69) is 16.8 Å². The molecule has 1 saturated heterocycles. The van der Waals surface area contributed by atoms with Crippen molar-refractivity contribution in [3.63, 3.8) is 0 Å². The fourth-order valence-electron chi connectivity index (χ4n) is 3.17. The fourth-order valence-corrected chi connectivity index (χ4v) is 4.14. The molecule has 0 unspecified atom stereocenters. The number of carbonyl (C=O) groups excluding carboxylic acids is 1. The van der Waals surface area contributed by atoms with Crippen LogP contribution in [-0.2, 0) is 13.0 Å². The highest BCUT2D eigenvalue weighted by molar-refractivity contribution is 7.12. The Morgan fingerprint density at radius 1 is 1.04 bits per heavy atom. The molecule has 0 N–H and O–H groups in total. The summed E-state index contributed by atoms with van der Waals surface area (Å²) in [6, 6.07) is 10.1. The van der Waals surface area contributed by atoms with Crippen LogP contribution >= 0.6 is 11.3 Å². The van der Waals surface area contributed by atoms with Gasteiger partial charge in [-0.15, -0.1) is 11.3 Å². The van der Waals surface area contributed by atoms with Gasteiger partial charge in [-0.1, -0.05) is 24.1 Å². The number of rotatable bonds is 0. The van der Waals surface area contributed by atoms with E-state index in [4.69, 9.17) is 0 Å². The molecule has 2 aliphatic heterocycles. The third-order valence-electron chi connectivity index (χ3n) is 4.47. The van der Waals surface area contributed by atoms with Crippen molar-refractivity contribution in [1.82, 2.24) is 14.8 Å². The Hall–Kier alpha value is -2.32. The Balaban J connectivity index is 1.48. The summed E-state index contributed by atoms with van der Waals surface area (Å²) in [5.41, 5.74) is 2.11. The van der Waals surface area contributed by atoms with Gasteiger partial charge in [0.05, 0.1) is 12.2 Å². The highest BCUT2D eigenvalue weighted by atomic mass is 32.1. The first-order valence-electron chi connectivity index (χ1n) is 8.39. The third-order valence-corrected chi connectivity index (χ3v) is 5.46. The maximum absolute atomic E-state index is 12.5. The summed E-state index contributed by atoms with van der Waals surface area (Å²) in [7, 11) is 0. The minimum absolute atomic E-state index is 0.184. The molecule has 5 heteroatoms. The monoisotopic (exact) mass is 337 g/mol. The van der Waals surface area contributed by atoms with Crippen molar-refractivity contribution in [3.05, 3.63) is 51.5 Å². The summed E-state index contributed by atoms with van der Waals surface area (Å²) < 4.78 is 0. The van der Waals surface area contributed by atoms with Crippen LogP contribution in [0.5, 0.6) is 0 Å². The molecule has 2 amide bonds. The summed E-state index contributed by atoms with van der Waals surface area (Å²) in [5, 5.41) is 0.847. The number of benzene rings is 1. The van der Waals surface area contributed by atoms with Crippen LogP contribution in [0.25, 0.3) is 0 Å². The highest BCUT2D eigenvalue weighted by Gasteiger charge is 2.28. The molecule has 0 aliphatic carbocycles. The van der Waals surface area contributed by atoms with Crippen LogP contribution in [0.2, 0.25) is 0 Å². The van der Waals surface area contributed by atoms with Crippen LogP contribution in [0.1, 0.15) is 34.0 Å². The molecular formula is C19H19N3OS. The molecule has 0 bridgehead atoms. The van der Waals surface area contributed by atoms with E-state index < -0.39 is 0 Å². The first-order valence-corrected chi connectivity index (χ1v) is 9.21. The average Bonchev–Trinajstić information content (AvgIpc) is 3.29. The largest absolute Gasteiger partial charge is 0.325 e. The van der Waals surface area contributed by atoms with Crippen LogP contribution in [0, 0.1) is 11.8 Å². The summed E-state index contributed by atoms with van der Waals surface area (Å²) >= 11 is 1.62. The second-order valence-corrected chi connectivity index (χ2v) is 7.24. The fraction of sp³-hybridized carbons (Fsp3) is 0.368. The van der Waals surface area contributed by atoms with E-state index in [9.17, 15) is 4.79 Å². The van der Waals surface area contributed by atoms with Gasteiger partial charge in [-0.05, 0) is 30.9 Å². The Morgan fingerprint density at radius 2 is 1.83 bits per heavy atom. The van der Waals surface area contributed by atoms with Crippen molar-refractivity contribution in [2.75, 3.05) is 19.6 Å². The van der Waals surface area contributed by atoms with Gasteiger partial charge in [0.1, 0.15) is 0 Å². The maximum Gasteiger partial charge on any atom is 0.320 e. The van der Waals surface area contributed by atoms with Gasteiger partial charge in [0.2, 0.25) is 0 Å². The van der Waals surface area contributed by atoms with Crippen molar-refractivity contribution in [2.24, 2.45) is 0 Å². The second kappa shape index (κ2) is 6.66. The molecule has 122 valence electrons. The predicted octanol–water partition coefficient (Wildman–Crippen LogP) is 3.12. The van der Waals surface area contributed by atoms with E-state index in [1.54, 1.807) is 11.3 Å². The molecule has 0 atom stereocenters. The van der Waals surface area contributed by atoms with Gasteiger partial charge in [-0.2, -0.15) is 0 Å². The van der Waals surface area contributed by atoms with Crippen molar-refractivity contribution in [1.29, 1.82) is 0 Å². The lowest BCUT2D eigenvalue weighted by Gasteiger charge is -2.30. The van der Waals surface area contributed by atoms with Crippen molar-refractivity contribution >= 4 is 17.4 Å². The number of fused-ring (bicyclic) bond motifs is 1. The number of nitrogens with zero attached hydrogens (tertiary/aromatic N) is 3. The van der Waals surface area contributed by atoms with Gasteiger partial charge >= 0.3 is 6.03 Å². The Bertz CT molecular complexity index is 797. The molecule has 1 aromatic heterocycles. The quantitative estimate of drug-likeness (QED) is 0.693. The van der Waals surface area contributed by atoms with Crippen molar-refractivity contribution < 1.29 is 4.79 Å². The number of hydrogen-bond donors (Lipinski definition) is 0. The van der Waals surface area contributed by atoms with Crippen molar-refractivity contribution in [3.8, 4) is 11.8 Å². The molecule has 3 heterocycles. The van der Waals surface area contributed by atoms with E-state index in [0.717, 1.165) is 55.2 Å². The van der Waals surface area contributed by atoms with Gasteiger partial charge < -0.3 is 9.80 Å². The number of amides is 2. The second-order valence-electron chi connectivity index (χ2n) is 6.15. The summed E-state index contributed by atoms with van der Waals surface area (Å²) in [6.45, 7) is 3.24. The highest BCUT2D eigenvalue weighted by Crippen LogP contribution is 2.26. The van der Waals surface area contributed by atoms with Gasteiger partial charge in [0.25, 0.3) is 0 Å². The van der Waals surface area contributed by atoms with Crippen LogP contribution in [-0.4, -0.2) is 40.4 Å². The molecule has 0 radical (unpaired) electrons. The van der Waals surface area contributed by atoms with E-state index in [1.807, 2.05) is 40.1 Å². The molecule has 0 spiro atoms. The standard InChI is InChI=1S/C19H19N3OS/c23-19(21-11-4-5-12-21)22-13-10-16-17(14-22)24-18(20-16)9-8-15-6-2-1-3-7-15/h1-3,6-7H,4-5,10-14H2. The number of aromatic nitrogens is 1. The first kappa shape index (κ1) is 15.2. The van der Waals surface area contributed by atoms with Crippen LogP contribution < -0.4 is 0 Å². The lowest BCUT2D eigenvalue weighted by atomic mass is 10.2.